The van der Waals surface area contributed by atoms with Gasteiger partial charge in [0.1, 0.15) is 0 Å². The molecule has 0 atom stereocenters. The van der Waals surface area contributed by atoms with E-state index in [1.807, 2.05) is 11.8 Å². The summed E-state index contributed by atoms with van der Waals surface area (Å²) in [5, 5.41) is 3.80. The second-order valence-electron chi connectivity index (χ2n) is 5.60. The maximum atomic E-state index is 12.1. The number of hydrogen-bond acceptors (Lipinski definition) is 4. The van der Waals surface area contributed by atoms with Crippen LogP contribution in [-0.4, -0.2) is 38.1 Å². The van der Waals surface area contributed by atoms with Crippen molar-refractivity contribution in [1.29, 1.82) is 0 Å². The summed E-state index contributed by atoms with van der Waals surface area (Å²) in [6, 6.07) is 4.48. The molecule has 0 heterocycles. The molecule has 2 rings (SSSR count). The number of halogens is 1. The third-order valence-corrected chi connectivity index (χ3v) is 5.86. The number of nitrogens with one attached hydrogen (secondary N) is 2. The zero-order valence-electron chi connectivity index (χ0n) is 13.0. The molecule has 8 heteroatoms. The molecule has 0 aromatic heterocycles. The van der Waals surface area contributed by atoms with Crippen molar-refractivity contribution in [2.75, 3.05) is 23.3 Å². The van der Waals surface area contributed by atoms with Crippen LogP contribution in [0.4, 0.5) is 5.69 Å². The van der Waals surface area contributed by atoms with Crippen LogP contribution in [0, 0.1) is 0 Å². The van der Waals surface area contributed by atoms with Gasteiger partial charge in [0.05, 0.1) is 16.8 Å². The van der Waals surface area contributed by atoms with Gasteiger partial charge in [-0.05, 0) is 31.0 Å². The molecule has 0 aliphatic heterocycles. The number of amides is 1. The third-order valence-electron chi connectivity index (χ3n) is 3.56. The first-order chi connectivity index (χ1) is 10.8. The predicted octanol–water partition coefficient (Wildman–Crippen LogP) is 3.12. The van der Waals surface area contributed by atoms with Gasteiger partial charge in [-0.25, -0.2) is 8.42 Å². The number of sulfonamides is 1. The zero-order valence-corrected chi connectivity index (χ0v) is 15.4. The molecule has 128 valence electrons. The molecule has 1 aliphatic carbocycles. The van der Waals surface area contributed by atoms with Crippen LogP contribution in [0.3, 0.4) is 0 Å². The molecule has 5 nitrogen and oxygen atoms in total. The van der Waals surface area contributed by atoms with E-state index in [4.69, 9.17) is 11.6 Å². The van der Waals surface area contributed by atoms with Crippen LogP contribution in [0.5, 0.6) is 0 Å². The fourth-order valence-electron chi connectivity index (χ4n) is 2.52. The lowest BCUT2D eigenvalue weighted by molar-refractivity contribution is 0.0956. The molecule has 1 aromatic carbocycles. The summed E-state index contributed by atoms with van der Waals surface area (Å²) in [6.45, 7) is 0.597. The third kappa shape index (κ3) is 6.24. The maximum Gasteiger partial charge on any atom is 0.252 e. The Bertz CT molecular complexity index is 659. The van der Waals surface area contributed by atoms with Gasteiger partial charge in [-0.2, -0.15) is 11.8 Å². The van der Waals surface area contributed by atoms with Gasteiger partial charge < -0.3 is 5.32 Å². The van der Waals surface area contributed by atoms with E-state index >= 15 is 0 Å². The van der Waals surface area contributed by atoms with Crippen molar-refractivity contribution in [3.8, 4) is 0 Å². The van der Waals surface area contributed by atoms with E-state index in [0.29, 0.717) is 17.8 Å². The van der Waals surface area contributed by atoms with Gasteiger partial charge in [0.2, 0.25) is 10.0 Å². The van der Waals surface area contributed by atoms with Gasteiger partial charge in [-0.1, -0.05) is 24.4 Å². The van der Waals surface area contributed by atoms with Crippen molar-refractivity contribution in [3.05, 3.63) is 28.8 Å². The average Bonchev–Trinajstić information content (AvgIpc) is 2.95. The fraction of sp³-hybridized carbons (Fsp3) is 0.533. The molecule has 2 N–H and O–H groups in total. The quantitative estimate of drug-likeness (QED) is 0.717. The molecule has 1 aliphatic rings. The van der Waals surface area contributed by atoms with Crippen molar-refractivity contribution >= 4 is 45.0 Å². The number of carbonyl (C=O) groups is 1. The van der Waals surface area contributed by atoms with Gasteiger partial charge in [-0.15, -0.1) is 0 Å². The molecular formula is C15H21ClN2O3S2. The number of anilines is 1. The first kappa shape index (κ1) is 18.4. The highest BCUT2D eigenvalue weighted by Crippen LogP contribution is 2.29. The van der Waals surface area contributed by atoms with Crippen molar-refractivity contribution in [2.45, 2.75) is 30.9 Å². The minimum absolute atomic E-state index is 0.222. The first-order valence-electron chi connectivity index (χ1n) is 7.52. The lowest BCUT2D eigenvalue weighted by atomic mass is 10.2. The Kier molecular flexibility index (Phi) is 6.61. The van der Waals surface area contributed by atoms with E-state index in [1.165, 1.54) is 43.9 Å². The minimum Gasteiger partial charge on any atom is -0.351 e. The molecule has 1 aromatic rings. The smallest absolute Gasteiger partial charge is 0.252 e. The number of benzene rings is 1. The second-order valence-corrected chi connectivity index (χ2v) is 9.17. The summed E-state index contributed by atoms with van der Waals surface area (Å²) in [6.07, 6.45) is 6.24. The average molecular weight is 377 g/mol. The van der Waals surface area contributed by atoms with Gasteiger partial charge in [0, 0.05) is 23.2 Å². The van der Waals surface area contributed by atoms with E-state index < -0.39 is 10.0 Å². The summed E-state index contributed by atoms with van der Waals surface area (Å²) in [5.41, 5.74) is 0.683. The summed E-state index contributed by atoms with van der Waals surface area (Å²) in [4.78, 5) is 12.1. The summed E-state index contributed by atoms with van der Waals surface area (Å²) in [7, 11) is -3.36. The Morgan fingerprint density at radius 2 is 2.04 bits per heavy atom. The van der Waals surface area contributed by atoms with Crippen molar-refractivity contribution < 1.29 is 13.2 Å². The highest BCUT2D eigenvalue weighted by Gasteiger charge is 2.15. The standard InChI is InChI=1S/C15H21ClN2O3S2/c1-23(20,21)18-11-6-7-13(14(16)10-11)15(19)17-8-9-22-12-4-2-3-5-12/h6-7,10,12,18H,2-5,8-9H2,1H3,(H,17,19). The Morgan fingerprint density at radius 1 is 1.35 bits per heavy atom. The molecule has 0 unspecified atom stereocenters. The lowest BCUT2D eigenvalue weighted by Crippen LogP contribution is -2.26. The van der Waals surface area contributed by atoms with E-state index in [0.717, 1.165) is 17.3 Å². The van der Waals surface area contributed by atoms with Crippen LogP contribution < -0.4 is 10.0 Å². The van der Waals surface area contributed by atoms with Crippen LogP contribution in [0.15, 0.2) is 18.2 Å². The molecule has 23 heavy (non-hydrogen) atoms. The molecule has 1 saturated carbocycles. The van der Waals surface area contributed by atoms with Gasteiger partial charge >= 0.3 is 0 Å². The first-order valence-corrected chi connectivity index (χ1v) is 10.8. The summed E-state index contributed by atoms with van der Waals surface area (Å²) < 4.78 is 24.7. The maximum absolute atomic E-state index is 12.1. The van der Waals surface area contributed by atoms with Gasteiger partial charge in [-0.3, -0.25) is 9.52 Å². The summed E-state index contributed by atoms with van der Waals surface area (Å²) >= 11 is 7.98. The Labute approximate surface area is 146 Å². The molecule has 1 amide bonds. The SMILES string of the molecule is CS(=O)(=O)Nc1ccc(C(=O)NCCSC2CCCC2)c(Cl)c1. The Hall–Kier alpha value is -0.920. The number of hydrogen-bond donors (Lipinski definition) is 2. The fourth-order valence-corrected chi connectivity index (χ4v) is 4.56. The van der Waals surface area contributed by atoms with Crippen LogP contribution in [0.1, 0.15) is 36.0 Å². The van der Waals surface area contributed by atoms with E-state index in [-0.39, 0.29) is 10.9 Å². The number of thioether (sulfide) groups is 1. The minimum atomic E-state index is -3.36. The largest absolute Gasteiger partial charge is 0.351 e. The molecule has 0 saturated heterocycles. The zero-order chi connectivity index (χ0) is 16.9. The van der Waals surface area contributed by atoms with Gasteiger partial charge in [0.25, 0.3) is 5.91 Å². The molecular weight excluding hydrogens is 356 g/mol. The highest BCUT2D eigenvalue weighted by atomic mass is 35.5. The van der Waals surface area contributed by atoms with Crippen molar-refractivity contribution in [2.24, 2.45) is 0 Å². The van der Waals surface area contributed by atoms with E-state index in [1.54, 1.807) is 0 Å². The topological polar surface area (TPSA) is 75.3 Å². The molecule has 0 spiro atoms. The van der Waals surface area contributed by atoms with E-state index in [9.17, 15) is 13.2 Å². The normalized spacial score (nSPS) is 15.6. The Balaban J connectivity index is 1.84. The monoisotopic (exact) mass is 376 g/mol. The second kappa shape index (κ2) is 8.26. The Morgan fingerprint density at radius 3 is 2.65 bits per heavy atom. The molecule has 0 bridgehead atoms. The molecule has 1 fully saturated rings. The van der Waals surface area contributed by atoms with Gasteiger partial charge in [0.15, 0.2) is 0 Å². The predicted molar refractivity (Wildman–Crippen MR) is 97.0 cm³/mol. The van der Waals surface area contributed by atoms with Crippen LogP contribution in [-0.2, 0) is 10.0 Å². The lowest BCUT2D eigenvalue weighted by Gasteiger charge is -2.11. The highest BCUT2D eigenvalue weighted by molar-refractivity contribution is 7.99. The molecule has 0 radical (unpaired) electrons. The van der Waals surface area contributed by atoms with Crippen molar-refractivity contribution in [3.63, 3.8) is 0 Å². The van der Waals surface area contributed by atoms with E-state index in [2.05, 4.69) is 10.0 Å². The van der Waals surface area contributed by atoms with Crippen molar-refractivity contribution in [1.82, 2.24) is 5.32 Å². The van der Waals surface area contributed by atoms with Crippen LogP contribution >= 0.6 is 23.4 Å². The number of rotatable bonds is 7. The number of carbonyl (C=O) groups excluding carboxylic acids is 1. The van der Waals surface area contributed by atoms with Crippen LogP contribution in [0.25, 0.3) is 0 Å². The van der Waals surface area contributed by atoms with Crippen LogP contribution in [0.2, 0.25) is 5.02 Å². The summed E-state index contributed by atoms with van der Waals surface area (Å²) in [5.74, 6) is 0.648.